The van der Waals surface area contributed by atoms with Crippen molar-refractivity contribution in [2.24, 2.45) is 0 Å². The first-order valence-corrected chi connectivity index (χ1v) is 5.08. The summed E-state index contributed by atoms with van der Waals surface area (Å²) in [5.41, 5.74) is 3.85. The molecule has 1 heteroatoms. The van der Waals surface area contributed by atoms with Crippen molar-refractivity contribution in [2.75, 3.05) is 0 Å². The number of pyridine rings is 1. The number of hydrogen-bond acceptors (Lipinski definition) is 1. The summed E-state index contributed by atoms with van der Waals surface area (Å²) in [7, 11) is 0. The van der Waals surface area contributed by atoms with E-state index in [1.807, 2.05) is 36.7 Å². The molecule has 0 aliphatic heterocycles. The van der Waals surface area contributed by atoms with Gasteiger partial charge in [-0.25, -0.2) is 0 Å². The van der Waals surface area contributed by atoms with Crippen LogP contribution < -0.4 is 0 Å². The number of nitrogens with zero attached hydrogens (tertiary/aromatic N) is 1. The van der Waals surface area contributed by atoms with Gasteiger partial charge in [0, 0.05) is 12.4 Å². The quantitative estimate of drug-likeness (QED) is 0.674. The zero-order chi connectivity index (χ0) is 11.1. The first-order valence-electron chi connectivity index (χ1n) is 5.08. The SMILES string of the molecule is C=C/C=C(\C=C(C)C)Cc1ccncc1. The van der Waals surface area contributed by atoms with Crippen LogP contribution in [-0.2, 0) is 6.42 Å². The molecule has 0 aliphatic rings. The van der Waals surface area contributed by atoms with Gasteiger partial charge in [0.05, 0.1) is 0 Å². The summed E-state index contributed by atoms with van der Waals surface area (Å²) in [6, 6.07) is 4.07. The molecule has 0 bridgehead atoms. The molecule has 0 amide bonds. The topological polar surface area (TPSA) is 12.9 Å². The second-order valence-electron chi connectivity index (χ2n) is 3.73. The highest BCUT2D eigenvalue weighted by Crippen LogP contribution is 2.10. The van der Waals surface area contributed by atoms with E-state index in [0.29, 0.717) is 0 Å². The molecule has 0 N–H and O–H groups in total. The molecule has 0 saturated carbocycles. The van der Waals surface area contributed by atoms with Crippen LogP contribution in [0.2, 0.25) is 0 Å². The minimum atomic E-state index is 0.930. The van der Waals surface area contributed by atoms with Crippen LogP contribution in [0.15, 0.2) is 60.5 Å². The van der Waals surface area contributed by atoms with E-state index in [4.69, 9.17) is 0 Å². The van der Waals surface area contributed by atoms with Crippen LogP contribution >= 0.6 is 0 Å². The predicted molar refractivity (Wildman–Crippen MR) is 65.7 cm³/mol. The Morgan fingerprint density at radius 2 is 2.00 bits per heavy atom. The lowest BCUT2D eigenvalue weighted by atomic mass is 10.0. The van der Waals surface area contributed by atoms with Gasteiger partial charge in [0.2, 0.25) is 0 Å². The summed E-state index contributed by atoms with van der Waals surface area (Å²) in [6.07, 6.45) is 10.6. The summed E-state index contributed by atoms with van der Waals surface area (Å²) in [5, 5.41) is 0. The molecular formula is C14H17N. The van der Waals surface area contributed by atoms with Gasteiger partial charge >= 0.3 is 0 Å². The van der Waals surface area contributed by atoms with Gasteiger partial charge in [0.15, 0.2) is 0 Å². The zero-order valence-electron chi connectivity index (χ0n) is 9.40. The summed E-state index contributed by atoms with van der Waals surface area (Å²) in [5.74, 6) is 0. The van der Waals surface area contributed by atoms with Gasteiger partial charge in [-0.15, -0.1) is 0 Å². The third-order valence-corrected chi connectivity index (χ3v) is 1.96. The van der Waals surface area contributed by atoms with Crippen molar-refractivity contribution >= 4 is 0 Å². The van der Waals surface area contributed by atoms with Crippen molar-refractivity contribution in [2.45, 2.75) is 20.3 Å². The van der Waals surface area contributed by atoms with Crippen LogP contribution in [0, 0.1) is 0 Å². The fraction of sp³-hybridized carbons (Fsp3) is 0.214. The lowest BCUT2D eigenvalue weighted by molar-refractivity contribution is 1.15. The van der Waals surface area contributed by atoms with Gasteiger partial charge in [0.1, 0.15) is 0 Å². The third kappa shape index (κ3) is 4.41. The number of hydrogen-bond donors (Lipinski definition) is 0. The number of rotatable bonds is 4. The molecule has 15 heavy (non-hydrogen) atoms. The average Bonchev–Trinajstić information content (AvgIpc) is 2.18. The summed E-state index contributed by atoms with van der Waals surface area (Å²) < 4.78 is 0. The van der Waals surface area contributed by atoms with Gasteiger partial charge in [-0.2, -0.15) is 0 Å². The second-order valence-corrected chi connectivity index (χ2v) is 3.73. The Morgan fingerprint density at radius 3 is 2.53 bits per heavy atom. The Morgan fingerprint density at radius 1 is 1.33 bits per heavy atom. The minimum absolute atomic E-state index is 0.930. The molecule has 1 rings (SSSR count). The maximum atomic E-state index is 4.00. The van der Waals surface area contributed by atoms with Gasteiger partial charge in [-0.1, -0.05) is 30.4 Å². The molecular weight excluding hydrogens is 182 g/mol. The summed E-state index contributed by atoms with van der Waals surface area (Å²) in [4.78, 5) is 4.00. The number of allylic oxidation sites excluding steroid dienone is 5. The summed E-state index contributed by atoms with van der Waals surface area (Å²) >= 11 is 0. The monoisotopic (exact) mass is 199 g/mol. The van der Waals surface area contributed by atoms with Crippen LogP contribution in [0.3, 0.4) is 0 Å². The van der Waals surface area contributed by atoms with E-state index in [1.54, 1.807) is 0 Å². The standard InChI is InChI=1S/C14H17N/c1-4-5-14(10-12(2)3)11-13-6-8-15-9-7-13/h4-10H,1,11H2,2-3H3/b14-5+. The maximum absolute atomic E-state index is 4.00. The molecule has 0 fully saturated rings. The average molecular weight is 199 g/mol. The van der Waals surface area contributed by atoms with Gasteiger partial charge < -0.3 is 0 Å². The molecule has 1 aromatic rings. The molecule has 78 valence electrons. The Balaban J connectivity index is 2.81. The highest BCUT2D eigenvalue weighted by molar-refractivity contribution is 5.31. The molecule has 0 saturated heterocycles. The van der Waals surface area contributed by atoms with Crippen molar-refractivity contribution in [1.82, 2.24) is 4.98 Å². The van der Waals surface area contributed by atoms with Crippen molar-refractivity contribution in [3.8, 4) is 0 Å². The normalized spacial score (nSPS) is 10.9. The first kappa shape index (κ1) is 11.4. The van der Waals surface area contributed by atoms with E-state index in [-0.39, 0.29) is 0 Å². The van der Waals surface area contributed by atoms with Gasteiger partial charge in [-0.05, 0) is 43.5 Å². The highest BCUT2D eigenvalue weighted by Gasteiger charge is 1.95. The Hall–Kier alpha value is -1.63. The first-order chi connectivity index (χ1) is 7.22. The van der Waals surface area contributed by atoms with Crippen LogP contribution in [0.4, 0.5) is 0 Å². The van der Waals surface area contributed by atoms with Crippen LogP contribution in [0.25, 0.3) is 0 Å². The third-order valence-electron chi connectivity index (χ3n) is 1.96. The molecule has 1 aromatic heterocycles. The molecule has 1 heterocycles. The zero-order valence-corrected chi connectivity index (χ0v) is 9.40. The van der Waals surface area contributed by atoms with E-state index < -0.39 is 0 Å². The van der Waals surface area contributed by atoms with E-state index >= 15 is 0 Å². The predicted octanol–water partition coefficient (Wildman–Crippen LogP) is 3.70. The molecule has 0 spiro atoms. The molecule has 0 atom stereocenters. The second kappa shape index (κ2) is 5.97. The van der Waals surface area contributed by atoms with Crippen molar-refractivity contribution in [1.29, 1.82) is 0 Å². The van der Waals surface area contributed by atoms with E-state index in [2.05, 4.69) is 31.5 Å². The van der Waals surface area contributed by atoms with Gasteiger partial charge in [0.25, 0.3) is 0 Å². The van der Waals surface area contributed by atoms with E-state index in [0.717, 1.165) is 6.42 Å². The number of aromatic nitrogens is 1. The lowest BCUT2D eigenvalue weighted by Crippen LogP contribution is -1.88. The largest absolute Gasteiger partial charge is 0.265 e. The molecule has 1 nitrogen and oxygen atoms in total. The smallest absolute Gasteiger partial charge is 0.0270 e. The minimum Gasteiger partial charge on any atom is -0.265 e. The summed E-state index contributed by atoms with van der Waals surface area (Å²) in [6.45, 7) is 7.93. The fourth-order valence-corrected chi connectivity index (χ4v) is 1.42. The van der Waals surface area contributed by atoms with Crippen LogP contribution in [0.1, 0.15) is 19.4 Å². The lowest BCUT2D eigenvalue weighted by Gasteiger charge is -2.02. The Kier molecular flexibility index (Phi) is 4.55. The van der Waals surface area contributed by atoms with Crippen molar-refractivity contribution in [3.63, 3.8) is 0 Å². The van der Waals surface area contributed by atoms with Gasteiger partial charge in [-0.3, -0.25) is 4.98 Å². The fourth-order valence-electron chi connectivity index (χ4n) is 1.42. The molecule has 0 aliphatic carbocycles. The van der Waals surface area contributed by atoms with E-state index in [9.17, 15) is 0 Å². The van der Waals surface area contributed by atoms with Crippen molar-refractivity contribution in [3.05, 3.63) is 66.0 Å². The molecule has 0 aromatic carbocycles. The van der Waals surface area contributed by atoms with Crippen LogP contribution in [0.5, 0.6) is 0 Å². The van der Waals surface area contributed by atoms with E-state index in [1.165, 1.54) is 16.7 Å². The Labute approximate surface area is 91.9 Å². The Bertz CT molecular complexity index is 368. The molecule has 0 radical (unpaired) electrons. The highest BCUT2D eigenvalue weighted by atomic mass is 14.6. The maximum Gasteiger partial charge on any atom is 0.0270 e. The van der Waals surface area contributed by atoms with Crippen LogP contribution in [-0.4, -0.2) is 4.98 Å². The molecule has 0 unspecified atom stereocenters. The van der Waals surface area contributed by atoms with Crippen molar-refractivity contribution < 1.29 is 0 Å².